The molecule has 1 aromatic rings. The molecule has 92 valence electrons. The average molecular weight is 231 g/mol. The Labute approximate surface area is 104 Å². The van der Waals surface area contributed by atoms with E-state index in [0.29, 0.717) is 12.3 Å². The fourth-order valence-corrected chi connectivity index (χ4v) is 1.66. The van der Waals surface area contributed by atoms with Crippen molar-refractivity contribution in [2.24, 2.45) is 5.92 Å². The number of para-hydroxylation sites is 1. The molecule has 0 saturated heterocycles. The Morgan fingerprint density at radius 2 is 2.00 bits per heavy atom. The Morgan fingerprint density at radius 1 is 1.35 bits per heavy atom. The number of allylic oxidation sites excluding steroid dienone is 2. The standard InChI is InChI=1S/C15H21NO/c1-5-12(4)13-8-6-7-9-14(13)16-15(17)10-11(2)3/h5-9,11H,10H2,1-4H3,(H,16,17)/b12-5+. The van der Waals surface area contributed by atoms with Gasteiger partial charge in [-0.1, -0.05) is 38.1 Å². The van der Waals surface area contributed by atoms with E-state index < -0.39 is 0 Å². The monoisotopic (exact) mass is 231 g/mol. The molecule has 0 spiro atoms. The molecule has 0 heterocycles. The molecule has 0 bridgehead atoms. The van der Waals surface area contributed by atoms with E-state index in [1.54, 1.807) is 0 Å². The number of anilines is 1. The predicted molar refractivity (Wildman–Crippen MR) is 73.9 cm³/mol. The molecule has 0 aliphatic heterocycles. The van der Waals surface area contributed by atoms with Crippen molar-refractivity contribution < 1.29 is 4.79 Å². The van der Waals surface area contributed by atoms with Crippen molar-refractivity contribution in [1.82, 2.24) is 0 Å². The van der Waals surface area contributed by atoms with E-state index in [1.165, 1.54) is 5.57 Å². The van der Waals surface area contributed by atoms with Crippen LogP contribution in [0.1, 0.15) is 39.7 Å². The number of amides is 1. The Balaban J connectivity index is 2.88. The number of hydrogen-bond acceptors (Lipinski definition) is 1. The molecule has 1 amide bonds. The number of rotatable bonds is 4. The van der Waals surface area contributed by atoms with Gasteiger partial charge >= 0.3 is 0 Å². The number of benzene rings is 1. The first-order chi connectivity index (χ1) is 8.04. The van der Waals surface area contributed by atoms with E-state index in [0.717, 1.165) is 11.3 Å². The third-order valence-corrected chi connectivity index (χ3v) is 2.65. The van der Waals surface area contributed by atoms with Gasteiger partial charge in [0.1, 0.15) is 0 Å². The summed E-state index contributed by atoms with van der Waals surface area (Å²) in [5, 5.41) is 2.98. The zero-order chi connectivity index (χ0) is 12.8. The largest absolute Gasteiger partial charge is 0.326 e. The van der Waals surface area contributed by atoms with Crippen LogP contribution in [0, 0.1) is 5.92 Å². The van der Waals surface area contributed by atoms with Crippen molar-refractivity contribution in [3.05, 3.63) is 35.9 Å². The van der Waals surface area contributed by atoms with E-state index in [1.807, 2.05) is 58.0 Å². The highest BCUT2D eigenvalue weighted by molar-refractivity contribution is 5.94. The SMILES string of the molecule is C/C=C(\C)c1ccccc1NC(=O)CC(C)C. The van der Waals surface area contributed by atoms with Gasteiger partial charge in [-0.05, 0) is 31.4 Å². The maximum atomic E-state index is 11.8. The molecule has 0 saturated carbocycles. The summed E-state index contributed by atoms with van der Waals surface area (Å²) in [6, 6.07) is 7.90. The normalized spacial score (nSPS) is 11.7. The number of nitrogens with one attached hydrogen (secondary N) is 1. The second-order valence-electron chi connectivity index (χ2n) is 4.66. The average Bonchev–Trinajstić information content (AvgIpc) is 2.27. The molecule has 1 N–H and O–H groups in total. The van der Waals surface area contributed by atoms with Gasteiger partial charge in [0.25, 0.3) is 0 Å². The number of carbonyl (C=O) groups is 1. The van der Waals surface area contributed by atoms with Crippen LogP contribution in [0.3, 0.4) is 0 Å². The molecule has 0 fully saturated rings. The van der Waals surface area contributed by atoms with Crippen LogP contribution in [0.4, 0.5) is 5.69 Å². The summed E-state index contributed by atoms with van der Waals surface area (Å²) in [6.45, 7) is 8.14. The number of carbonyl (C=O) groups excluding carboxylic acids is 1. The van der Waals surface area contributed by atoms with Crippen LogP contribution in [0.2, 0.25) is 0 Å². The molecule has 2 heteroatoms. The summed E-state index contributed by atoms with van der Waals surface area (Å²) in [6.07, 6.45) is 2.61. The van der Waals surface area contributed by atoms with Crippen molar-refractivity contribution in [1.29, 1.82) is 0 Å². The van der Waals surface area contributed by atoms with Crippen LogP contribution in [0.15, 0.2) is 30.3 Å². The highest BCUT2D eigenvalue weighted by Crippen LogP contribution is 2.23. The van der Waals surface area contributed by atoms with E-state index in [-0.39, 0.29) is 5.91 Å². The molecule has 17 heavy (non-hydrogen) atoms. The lowest BCUT2D eigenvalue weighted by molar-refractivity contribution is -0.116. The Morgan fingerprint density at radius 3 is 2.59 bits per heavy atom. The van der Waals surface area contributed by atoms with E-state index >= 15 is 0 Å². The van der Waals surface area contributed by atoms with Crippen molar-refractivity contribution in [2.75, 3.05) is 5.32 Å². The molecule has 2 nitrogen and oxygen atoms in total. The lowest BCUT2D eigenvalue weighted by Gasteiger charge is -2.12. The topological polar surface area (TPSA) is 29.1 Å². The molecule has 0 unspecified atom stereocenters. The third kappa shape index (κ3) is 4.06. The minimum Gasteiger partial charge on any atom is -0.326 e. The maximum Gasteiger partial charge on any atom is 0.224 e. The predicted octanol–water partition coefficient (Wildman–Crippen LogP) is 4.09. The molecule has 0 aliphatic rings. The summed E-state index contributed by atoms with van der Waals surface area (Å²) in [7, 11) is 0. The minimum atomic E-state index is 0.0800. The lowest BCUT2D eigenvalue weighted by atomic mass is 10.0. The van der Waals surface area contributed by atoms with Gasteiger partial charge in [0.15, 0.2) is 0 Å². The first-order valence-electron chi connectivity index (χ1n) is 6.06. The van der Waals surface area contributed by atoms with Crippen molar-refractivity contribution in [3.63, 3.8) is 0 Å². The maximum absolute atomic E-state index is 11.8. The minimum absolute atomic E-state index is 0.0800. The van der Waals surface area contributed by atoms with Crippen LogP contribution < -0.4 is 5.32 Å². The van der Waals surface area contributed by atoms with Crippen LogP contribution in [0.5, 0.6) is 0 Å². The van der Waals surface area contributed by atoms with Gasteiger partial charge in [0.2, 0.25) is 5.91 Å². The molecule has 1 aromatic carbocycles. The van der Waals surface area contributed by atoms with Gasteiger partial charge in [-0.2, -0.15) is 0 Å². The van der Waals surface area contributed by atoms with Gasteiger partial charge < -0.3 is 5.32 Å². The Bertz CT molecular complexity index is 419. The molecule has 0 atom stereocenters. The second-order valence-corrected chi connectivity index (χ2v) is 4.66. The summed E-state index contributed by atoms with van der Waals surface area (Å²) in [4.78, 5) is 11.8. The van der Waals surface area contributed by atoms with E-state index in [9.17, 15) is 4.79 Å². The fourth-order valence-electron chi connectivity index (χ4n) is 1.66. The summed E-state index contributed by atoms with van der Waals surface area (Å²) < 4.78 is 0. The van der Waals surface area contributed by atoms with Crippen molar-refractivity contribution in [2.45, 2.75) is 34.1 Å². The second kappa shape index (κ2) is 6.24. The summed E-state index contributed by atoms with van der Waals surface area (Å²) >= 11 is 0. The third-order valence-electron chi connectivity index (χ3n) is 2.65. The first-order valence-corrected chi connectivity index (χ1v) is 6.06. The smallest absolute Gasteiger partial charge is 0.224 e. The Hall–Kier alpha value is -1.57. The lowest BCUT2D eigenvalue weighted by Crippen LogP contribution is -2.14. The molecular formula is C15H21NO. The molecule has 0 aromatic heterocycles. The van der Waals surface area contributed by atoms with Gasteiger partial charge in [0.05, 0.1) is 0 Å². The van der Waals surface area contributed by atoms with Gasteiger partial charge in [-0.15, -0.1) is 0 Å². The first kappa shape index (κ1) is 13.5. The van der Waals surface area contributed by atoms with Gasteiger partial charge in [-0.3, -0.25) is 4.79 Å². The molecule has 0 radical (unpaired) electrons. The fraction of sp³-hybridized carbons (Fsp3) is 0.400. The van der Waals surface area contributed by atoms with Crippen LogP contribution in [-0.4, -0.2) is 5.91 Å². The van der Waals surface area contributed by atoms with Crippen LogP contribution >= 0.6 is 0 Å². The van der Waals surface area contributed by atoms with Crippen LogP contribution in [-0.2, 0) is 4.79 Å². The van der Waals surface area contributed by atoms with Gasteiger partial charge in [-0.25, -0.2) is 0 Å². The van der Waals surface area contributed by atoms with Crippen molar-refractivity contribution >= 4 is 17.2 Å². The zero-order valence-corrected chi connectivity index (χ0v) is 11.1. The van der Waals surface area contributed by atoms with E-state index in [2.05, 4.69) is 5.32 Å². The highest BCUT2D eigenvalue weighted by Gasteiger charge is 2.08. The Kier molecular flexibility index (Phi) is 4.95. The van der Waals surface area contributed by atoms with E-state index in [4.69, 9.17) is 0 Å². The summed E-state index contributed by atoms with van der Waals surface area (Å²) in [5.74, 6) is 0.460. The van der Waals surface area contributed by atoms with Crippen LogP contribution in [0.25, 0.3) is 5.57 Å². The molecule has 1 rings (SSSR count). The van der Waals surface area contributed by atoms with Crippen molar-refractivity contribution in [3.8, 4) is 0 Å². The summed E-state index contributed by atoms with van der Waals surface area (Å²) in [5.41, 5.74) is 3.16. The molecular weight excluding hydrogens is 210 g/mol. The zero-order valence-electron chi connectivity index (χ0n) is 11.1. The highest BCUT2D eigenvalue weighted by atomic mass is 16.1. The van der Waals surface area contributed by atoms with Gasteiger partial charge in [0, 0.05) is 17.7 Å². The molecule has 0 aliphatic carbocycles. The quantitative estimate of drug-likeness (QED) is 0.830. The number of hydrogen-bond donors (Lipinski definition) is 1.